The monoisotopic (exact) mass is 196 g/mol. The van der Waals surface area contributed by atoms with Gasteiger partial charge in [0.1, 0.15) is 0 Å². The van der Waals surface area contributed by atoms with Crippen molar-refractivity contribution in [1.82, 2.24) is 0 Å². The Kier molecular flexibility index (Phi) is 3.87. The molecular formula is C15H16. The Morgan fingerprint density at radius 3 is 2.00 bits per heavy atom. The van der Waals surface area contributed by atoms with Crippen molar-refractivity contribution in [1.29, 1.82) is 0 Å². The van der Waals surface area contributed by atoms with Crippen LogP contribution in [-0.4, -0.2) is 0 Å². The third kappa shape index (κ3) is 2.16. The van der Waals surface area contributed by atoms with E-state index < -0.39 is 0 Å². The topological polar surface area (TPSA) is 0 Å². The van der Waals surface area contributed by atoms with Gasteiger partial charge in [-0.1, -0.05) is 56.2 Å². The highest BCUT2D eigenvalue weighted by Crippen LogP contribution is 2.23. The number of hydrogen-bond donors (Lipinski definition) is 0. The maximum absolute atomic E-state index is 3.84. The molecule has 0 spiro atoms. The lowest BCUT2D eigenvalue weighted by Crippen LogP contribution is -1.93. The molecule has 1 rings (SSSR count). The molecule has 76 valence electrons. The van der Waals surface area contributed by atoms with Crippen molar-refractivity contribution in [3.63, 3.8) is 0 Å². The van der Waals surface area contributed by atoms with E-state index in [0.717, 1.165) is 23.1 Å². The molecule has 0 radical (unpaired) electrons. The van der Waals surface area contributed by atoms with Gasteiger partial charge in [-0.15, -0.1) is 6.58 Å². The molecule has 0 aliphatic carbocycles. The van der Waals surface area contributed by atoms with Crippen LogP contribution in [0, 0.1) is 0 Å². The predicted octanol–water partition coefficient (Wildman–Crippen LogP) is 4.34. The summed E-state index contributed by atoms with van der Waals surface area (Å²) in [7, 11) is 0. The lowest BCUT2D eigenvalue weighted by atomic mass is 9.94. The van der Waals surface area contributed by atoms with Crippen LogP contribution < -0.4 is 0 Å². The van der Waals surface area contributed by atoms with E-state index in [2.05, 4.69) is 38.4 Å². The van der Waals surface area contributed by atoms with Gasteiger partial charge in [-0.3, -0.25) is 0 Å². The zero-order valence-corrected chi connectivity index (χ0v) is 9.00. The third-order valence-electron chi connectivity index (χ3n) is 2.40. The van der Waals surface area contributed by atoms with E-state index in [1.54, 1.807) is 0 Å². The summed E-state index contributed by atoms with van der Waals surface area (Å²) in [5.41, 5.74) is 4.54. The molecule has 0 heterocycles. The summed E-state index contributed by atoms with van der Waals surface area (Å²) in [6, 6.07) is 4.14. The minimum absolute atomic E-state index is 0.847. The summed E-state index contributed by atoms with van der Waals surface area (Å²) in [4.78, 5) is 0. The van der Waals surface area contributed by atoms with Crippen LogP contribution in [0.25, 0.3) is 18.2 Å². The van der Waals surface area contributed by atoms with Gasteiger partial charge in [-0.05, 0) is 28.7 Å². The first-order valence-electron chi connectivity index (χ1n) is 4.92. The average Bonchev–Trinajstić information content (AvgIpc) is 2.28. The zero-order chi connectivity index (χ0) is 11.3. The van der Waals surface area contributed by atoms with Gasteiger partial charge in [0.2, 0.25) is 0 Å². The molecule has 0 amide bonds. The van der Waals surface area contributed by atoms with Crippen molar-refractivity contribution >= 4 is 18.2 Å². The maximum atomic E-state index is 3.84. The van der Waals surface area contributed by atoms with Gasteiger partial charge in [0.15, 0.2) is 0 Å². The van der Waals surface area contributed by atoms with E-state index in [9.17, 15) is 0 Å². The second kappa shape index (κ2) is 5.16. The maximum Gasteiger partial charge on any atom is -0.00940 e. The highest BCUT2D eigenvalue weighted by atomic mass is 14.1. The van der Waals surface area contributed by atoms with Crippen LogP contribution in [0.2, 0.25) is 0 Å². The van der Waals surface area contributed by atoms with Crippen LogP contribution in [-0.2, 0) is 6.42 Å². The molecule has 0 N–H and O–H groups in total. The van der Waals surface area contributed by atoms with Crippen molar-refractivity contribution in [2.45, 2.75) is 6.42 Å². The minimum atomic E-state index is 0.847. The van der Waals surface area contributed by atoms with Crippen molar-refractivity contribution < 1.29 is 0 Å². The summed E-state index contributed by atoms with van der Waals surface area (Å²) in [5.74, 6) is 0. The Labute approximate surface area is 92.0 Å². The van der Waals surface area contributed by atoms with E-state index in [0.29, 0.717) is 0 Å². The molecule has 0 heteroatoms. The van der Waals surface area contributed by atoms with Crippen molar-refractivity contribution in [2.75, 3.05) is 0 Å². The third-order valence-corrected chi connectivity index (χ3v) is 2.40. The molecule has 0 aliphatic heterocycles. The van der Waals surface area contributed by atoms with Gasteiger partial charge >= 0.3 is 0 Å². The number of allylic oxidation sites excluding steroid dienone is 1. The Morgan fingerprint density at radius 1 is 0.867 bits per heavy atom. The van der Waals surface area contributed by atoms with E-state index >= 15 is 0 Å². The van der Waals surface area contributed by atoms with Crippen molar-refractivity contribution in [3.8, 4) is 0 Å². The van der Waals surface area contributed by atoms with Crippen LogP contribution in [0.1, 0.15) is 22.3 Å². The molecular weight excluding hydrogens is 180 g/mol. The summed E-state index contributed by atoms with van der Waals surface area (Å²) in [5, 5.41) is 0. The lowest BCUT2D eigenvalue weighted by Gasteiger charge is -2.10. The first kappa shape index (κ1) is 11.3. The molecule has 0 saturated carbocycles. The first-order valence-corrected chi connectivity index (χ1v) is 4.92. The molecule has 0 aliphatic rings. The highest BCUT2D eigenvalue weighted by molar-refractivity contribution is 5.74. The molecule has 1 aromatic rings. The minimum Gasteiger partial charge on any atom is -0.103 e. The highest BCUT2D eigenvalue weighted by Gasteiger charge is 2.05. The van der Waals surface area contributed by atoms with Crippen molar-refractivity contribution in [2.24, 2.45) is 0 Å². The fraction of sp³-hybridized carbons (Fsp3) is 0.0667. The fourth-order valence-corrected chi connectivity index (χ4v) is 1.68. The molecule has 0 bridgehead atoms. The fourth-order valence-electron chi connectivity index (χ4n) is 1.68. The van der Waals surface area contributed by atoms with Crippen LogP contribution in [0.5, 0.6) is 0 Å². The van der Waals surface area contributed by atoms with E-state index in [1.807, 2.05) is 24.3 Å². The van der Waals surface area contributed by atoms with Crippen LogP contribution >= 0.6 is 0 Å². The summed E-state index contributed by atoms with van der Waals surface area (Å²) in [6.07, 6.45) is 8.29. The molecule has 0 nitrogen and oxygen atoms in total. The standard InChI is InChI=1S/C15H16/c1-5-9-13-11-10-12(6-2)14(7-3)15(13)8-4/h5-8,10-11H,1-4,9H2. The average molecular weight is 196 g/mol. The number of benzene rings is 1. The Bertz CT molecular complexity index is 408. The second-order valence-corrected chi connectivity index (χ2v) is 3.25. The molecule has 0 saturated heterocycles. The quantitative estimate of drug-likeness (QED) is 0.614. The lowest BCUT2D eigenvalue weighted by molar-refractivity contribution is 1.26. The largest absolute Gasteiger partial charge is 0.103 e. The molecule has 1 aromatic carbocycles. The molecule has 0 aromatic heterocycles. The van der Waals surface area contributed by atoms with E-state index in [-0.39, 0.29) is 0 Å². The van der Waals surface area contributed by atoms with Gasteiger partial charge in [0, 0.05) is 0 Å². The van der Waals surface area contributed by atoms with Crippen molar-refractivity contribution in [3.05, 3.63) is 66.8 Å². The number of hydrogen-bond acceptors (Lipinski definition) is 0. The van der Waals surface area contributed by atoms with Crippen LogP contribution in [0.3, 0.4) is 0 Å². The first-order chi connectivity index (χ1) is 7.28. The molecule has 15 heavy (non-hydrogen) atoms. The molecule has 0 atom stereocenters. The van der Waals surface area contributed by atoms with E-state index in [4.69, 9.17) is 0 Å². The van der Waals surface area contributed by atoms with Gasteiger partial charge in [0.05, 0.1) is 0 Å². The molecule has 0 unspecified atom stereocenters. The number of rotatable bonds is 5. The molecule has 0 fully saturated rings. The zero-order valence-electron chi connectivity index (χ0n) is 9.00. The van der Waals surface area contributed by atoms with Gasteiger partial charge in [-0.2, -0.15) is 0 Å². The van der Waals surface area contributed by atoms with Crippen LogP contribution in [0.4, 0.5) is 0 Å². The summed E-state index contributed by atoms with van der Waals surface area (Å²) in [6.45, 7) is 15.2. The van der Waals surface area contributed by atoms with Gasteiger partial charge in [-0.25, -0.2) is 0 Å². The summed E-state index contributed by atoms with van der Waals surface area (Å²) >= 11 is 0. The Morgan fingerprint density at radius 2 is 1.53 bits per heavy atom. The van der Waals surface area contributed by atoms with Crippen LogP contribution in [0.15, 0.2) is 44.5 Å². The SMILES string of the molecule is C=CCc1ccc(C=C)c(C=C)c1C=C. The van der Waals surface area contributed by atoms with Gasteiger partial charge in [0.25, 0.3) is 0 Å². The van der Waals surface area contributed by atoms with Gasteiger partial charge < -0.3 is 0 Å². The second-order valence-electron chi connectivity index (χ2n) is 3.25. The Hall–Kier alpha value is -1.82. The normalized spacial score (nSPS) is 9.33. The Balaban J connectivity index is 3.46. The predicted molar refractivity (Wildman–Crippen MR) is 70.6 cm³/mol. The smallest absolute Gasteiger partial charge is 0.00940 e. The summed E-state index contributed by atoms with van der Waals surface area (Å²) < 4.78 is 0. The van der Waals surface area contributed by atoms with E-state index in [1.165, 1.54) is 5.56 Å².